The van der Waals surface area contributed by atoms with E-state index >= 15 is 0 Å². The van der Waals surface area contributed by atoms with Crippen LogP contribution in [0.25, 0.3) is 0 Å². The Bertz CT molecular complexity index is 1210. The average molecular weight is 428 g/mol. The van der Waals surface area contributed by atoms with Crippen molar-refractivity contribution < 1.29 is 20.1 Å². The summed E-state index contributed by atoms with van der Waals surface area (Å²) in [6.45, 7) is 5.69. The van der Waals surface area contributed by atoms with Crippen molar-refractivity contribution >= 4 is 17.1 Å². The fourth-order valence-corrected chi connectivity index (χ4v) is 3.66. The minimum absolute atomic E-state index is 0.0971. The molecular weight excluding hydrogens is 402 g/mol. The van der Waals surface area contributed by atoms with Crippen LogP contribution >= 0.6 is 0 Å². The van der Waals surface area contributed by atoms with Crippen LogP contribution in [-0.4, -0.2) is 15.3 Å². The van der Waals surface area contributed by atoms with Crippen LogP contribution in [0.3, 0.4) is 0 Å². The topological polar surface area (TPSA) is 73.2 Å². The van der Waals surface area contributed by atoms with Gasteiger partial charge in [0.25, 0.3) is 0 Å². The lowest BCUT2D eigenvalue weighted by Gasteiger charge is -2.27. The van der Waals surface area contributed by atoms with Crippen LogP contribution in [0, 0.1) is 20.8 Å². The largest absolute Gasteiger partial charge is 0.508 e. The zero-order chi connectivity index (χ0) is 22.8. The molecule has 4 aromatic rings. The third kappa shape index (κ3) is 4.47. The molecule has 5 nitrogen and oxygen atoms in total. The van der Waals surface area contributed by atoms with Crippen LogP contribution < -0.4 is 9.64 Å². The van der Waals surface area contributed by atoms with Crippen molar-refractivity contribution in [2.75, 3.05) is 4.90 Å². The van der Waals surface area contributed by atoms with E-state index in [2.05, 4.69) is 0 Å². The van der Waals surface area contributed by atoms with Crippen LogP contribution in [0.1, 0.15) is 16.7 Å². The van der Waals surface area contributed by atoms with Gasteiger partial charge in [0, 0.05) is 12.1 Å². The van der Waals surface area contributed by atoms with Crippen molar-refractivity contribution in [3.63, 3.8) is 0 Å². The van der Waals surface area contributed by atoms with Gasteiger partial charge in [-0.2, -0.15) is 0 Å². The lowest BCUT2D eigenvalue weighted by molar-refractivity contribution is 0.454. The molecule has 0 aromatic heterocycles. The van der Waals surface area contributed by atoms with Crippen molar-refractivity contribution in [1.82, 2.24) is 0 Å². The van der Waals surface area contributed by atoms with Crippen LogP contribution in [0.15, 0.2) is 78.9 Å². The number of nitrogens with zero attached hydrogens (tertiary/aromatic N) is 1. The van der Waals surface area contributed by atoms with E-state index in [0.717, 1.165) is 16.7 Å². The standard InChI is InChI=1S/C27H25NO4/c1-17-7-9-24(26(30)13-17)28(25-10-8-18(2)14-27(25)31)20-5-4-6-22(15-20)32-23-12-19(3)11-21(29)16-23/h4-16,29-31H,1-3H3. The maximum absolute atomic E-state index is 10.7. The fourth-order valence-electron chi connectivity index (χ4n) is 3.66. The third-order valence-electron chi connectivity index (χ3n) is 5.09. The number of rotatable bonds is 5. The zero-order valence-electron chi connectivity index (χ0n) is 18.2. The number of phenolic OH excluding ortho intramolecular Hbond substituents is 3. The Morgan fingerprint density at radius 3 is 1.78 bits per heavy atom. The highest BCUT2D eigenvalue weighted by atomic mass is 16.5. The van der Waals surface area contributed by atoms with Crippen LogP contribution in [0.4, 0.5) is 17.1 Å². The quantitative estimate of drug-likeness (QED) is 0.320. The molecule has 0 heterocycles. The molecule has 0 unspecified atom stereocenters. The first-order valence-electron chi connectivity index (χ1n) is 10.3. The van der Waals surface area contributed by atoms with Gasteiger partial charge >= 0.3 is 0 Å². The van der Waals surface area contributed by atoms with E-state index in [1.807, 2.05) is 75.4 Å². The van der Waals surface area contributed by atoms with Gasteiger partial charge in [-0.05, 0) is 86.0 Å². The Kier molecular flexibility index (Phi) is 5.65. The van der Waals surface area contributed by atoms with E-state index in [0.29, 0.717) is 28.6 Å². The lowest BCUT2D eigenvalue weighted by Crippen LogP contribution is -2.10. The minimum atomic E-state index is 0.0971. The summed E-state index contributed by atoms with van der Waals surface area (Å²) in [7, 11) is 0. The second-order valence-corrected chi connectivity index (χ2v) is 7.92. The summed E-state index contributed by atoms with van der Waals surface area (Å²) in [5.41, 5.74) is 4.48. The van der Waals surface area contributed by atoms with E-state index in [1.165, 1.54) is 0 Å². The first-order valence-corrected chi connectivity index (χ1v) is 10.3. The summed E-state index contributed by atoms with van der Waals surface area (Å²) in [6, 6.07) is 23.2. The number of hydrogen-bond acceptors (Lipinski definition) is 5. The SMILES string of the molecule is Cc1cc(O)cc(Oc2cccc(N(c3ccc(C)cc3O)c3ccc(C)cc3O)c2)c1. The van der Waals surface area contributed by atoms with E-state index in [9.17, 15) is 15.3 Å². The highest BCUT2D eigenvalue weighted by molar-refractivity contribution is 5.83. The molecule has 3 N–H and O–H groups in total. The summed E-state index contributed by atoms with van der Waals surface area (Å²) in [4.78, 5) is 1.78. The molecule has 4 aromatic carbocycles. The first kappa shape index (κ1) is 21.1. The maximum Gasteiger partial charge on any atom is 0.139 e. The summed E-state index contributed by atoms with van der Waals surface area (Å²) in [6.07, 6.45) is 0. The molecule has 0 bridgehead atoms. The molecule has 0 aliphatic rings. The summed E-state index contributed by atoms with van der Waals surface area (Å²) in [5, 5.41) is 31.3. The molecule has 0 spiro atoms. The third-order valence-corrected chi connectivity index (χ3v) is 5.09. The Morgan fingerprint density at radius 1 is 0.594 bits per heavy atom. The van der Waals surface area contributed by atoms with E-state index < -0.39 is 0 Å². The predicted molar refractivity (Wildman–Crippen MR) is 127 cm³/mol. The lowest BCUT2D eigenvalue weighted by atomic mass is 10.1. The van der Waals surface area contributed by atoms with E-state index in [4.69, 9.17) is 4.74 Å². The normalized spacial score (nSPS) is 10.7. The first-order chi connectivity index (χ1) is 15.3. The number of anilines is 3. The molecule has 0 amide bonds. The predicted octanol–water partition coefficient (Wildman–Crippen LogP) is 6.99. The number of aromatic hydroxyl groups is 3. The van der Waals surface area contributed by atoms with Gasteiger partial charge in [-0.15, -0.1) is 0 Å². The smallest absolute Gasteiger partial charge is 0.139 e. The Labute approximate surface area is 187 Å². The molecule has 0 saturated heterocycles. The molecule has 5 heteroatoms. The van der Waals surface area contributed by atoms with E-state index in [-0.39, 0.29) is 17.2 Å². The van der Waals surface area contributed by atoms with Gasteiger partial charge in [0.1, 0.15) is 28.7 Å². The molecule has 0 atom stereocenters. The molecule has 0 fully saturated rings. The molecular formula is C27H25NO4. The Balaban J connectivity index is 1.82. The van der Waals surface area contributed by atoms with Gasteiger partial charge in [0.2, 0.25) is 0 Å². The van der Waals surface area contributed by atoms with Crippen molar-refractivity contribution in [2.24, 2.45) is 0 Å². The van der Waals surface area contributed by atoms with Crippen molar-refractivity contribution in [3.05, 3.63) is 95.6 Å². The molecule has 32 heavy (non-hydrogen) atoms. The highest BCUT2D eigenvalue weighted by Gasteiger charge is 2.20. The van der Waals surface area contributed by atoms with Crippen molar-refractivity contribution in [2.45, 2.75) is 20.8 Å². The number of hydrogen-bond donors (Lipinski definition) is 3. The molecule has 0 radical (unpaired) electrons. The van der Waals surface area contributed by atoms with Crippen molar-refractivity contribution in [1.29, 1.82) is 0 Å². The second kappa shape index (κ2) is 8.55. The van der Waals surface area contributed by atoms with Crippen molar-refractivity contribution in [3.8, 4) is 28.7 Å². The summed E-state index contributed by atoms with van der Waals surface area (Å²) >= 11 is 0. The zero-order valence-corrected chi connectivity index (χ0v) is 18.2. The van der Waals surface area contributed by atoms with Gasteiger partial charge in [0.05, 0.1) is 17.1 Å². The average Bonchev–Trinajstić information content (AvgIpc) is 2.71. The number of aryl methyl sites for hydroxylation is 3. The number of benzene rings is 4. The van der Waals surface area contributed by atoms with Gasteiger partial charge < -0.3 is 25.0 Å². The molecule has 0 aliphatic carbocycles. The number of phenols is 3. The molecule has 4 rings (SSSR count). The highest BCUT2D eigenvalue weighted by Crippen LogP contribution is 2.44. The van der Waals surface area contributed by atoms with Crippen LogP contribution in [0.2, 0.25) is 0 Å². The minimum Gasteiger partial charge on any atom is -0.508 e. The fraction of sp³-hybridized carbons (Fsp3) is 0.111. The Hall–Kier alpha value is -4.12. The summed E-state index contributed by atoms with van der Waals surface area (Å²) in [5.74, 6) is 1.39. The van der Waals surface area contributed by atoms with Crippen LogP contribution in [0.5, 0.6) is 28.7 Å². The van der Waals surface area contributed by atoms with E-state index in [1.54, 1.807) is 29.2 Å². The van der Waals surface area contributed by atoms with Crippen LogP contribution in [-0.2, 0) is 0 Å². The maximum atomic E-state index is 10.7. The Morgan fingerprint density at radius 2 is 1.22 bits per heavy atom. The molecule has 0 saturated carbocycles. The number of ether oxygens (including phenoxy) is 1. The molecule has 162 valence electrons. The van der Waals surface area contributed by atoms with Gasteiger partial charge in [0.15, 0.2) is 0 Å². The van der Waals surface area contributed by atoms with Gasteiger partial charge in [-0.1, -0.05) is 18.2 Å². The monoisotopic (exact) mass is 427 g/mol. The van der Waals surface area contributed by atoms with Gasteiger partial charge in [-0.25, -0.2) is 0 Å². The van der Waals surface area contributed by atoms with Gasteiger partial charge in [-0.3, -0.25) is 0 Å². The molecule has 0 aliphatic heterocycles. The second-order valence-electron chi connectivity index (χ2n) is 7.92. The summed E-state index contributed by atoms with van der Waals surface area (Å²) < 4.78 is 5.99.